The zero-order valence-electron chi connectivity index (χ0n) is 11.2. The third kappa shape index (κ3) is 1.78. The van der Waals surface area contributed by atoms with Gasteiger partial charge >= 0.3 is 0 Å². The van der Waals surface area contributed by atoms with Gasteiger partial charge in [0.25, 0.3) is 0 Å². The molecular formula is C18H14ClN. The largest absolute Gasteiger partial charge is 0.355 e. The smallest absolute Gasteiger partial charge is 0.0437 e. The van der Waals surface area contributed by atoms with Gasteiger partial charge < -0.3 is 5.32 Å². The summed E-state index contributed by atoms with van der Waals surface area (Å²) >= 11 is 6.16. The van der Waals surface area contributed by atoms with Crippen LogP contribution in [-0.4, -0.2) is 0 Å². The Morgan fingerprint density at radius 1 is 0.950 bits per heavy atom. The van der Waals surface area contributed by atoms with Crippen molar-refractivity contribution in [1.29, 1.82) is 0 Å². The van der Waals surface area contributed by atoms with Crippen molar-refractivity contribution >= 4 is 33.7 Å². The molecule has 0 atom stereocenters. The van der Waals surface area contributed by atoms with E-state index in [0.29, 0.717) is 0 Å². The van der Waals surface area contributed by atoms with E-state index in [1.807, 2.05) is 12.1 Å². The number of rotatable bonds is 0. The Morgan fingerprint density at radius 2 is 1.70 bits per heavy atom. The van der Waals surface area contributed by atoms with Crippen molar-refractivity contribution in [2.75, 3.05) is 5.32 Å². The van der Waals surface area contributed by atoms with Crippen LogP contribution in [-0.2, 0) is 6.42 Å². The van der Waals surface area contributed by atoms with Crippen molar-refractivity contribution < 1.29 is 0 Å². The maximum atomic E-state index is 6.16. The number of aryl methyl sites for hydroxylation is 1. The molecule has 0 saturated heterocycles. The normalized spacial score (nSPS) is 12.7. The molecule has 3 aromatic rings. The Kier molecular flexibility index (Phi) is 2.51. The zero-order valence-corrected chi connectivity index (χ0v) is 12.0. The summed E-state index contributed by atoms with van der Waals surface area (Å²) in [5, 5.41) is 6.88. The molecule has 20 heavy (non-hydrogen) atoms. The Labute approximate surface area is 123 Å². The van der Waals surface area contributed by atoms with E-state index in [0.717, 1.165) is 17.1 Å². The minimum absolute atomic E-state index is 0.790. The van der Waals surface area contributed by atoms with E-state index in [4.69, 9.17) is 11.6 Å². The third-order valence-electron chi connectivity index (χ3n) is 4.05. The molecule has 1 heterocycles. The molecular weight excluding hydrogens is 266 g/mol. The quantitative estimate of drug-likeness (QED) is 0.451. The molecule has 4 rings (SSSR count). The number of anilines is 2. The van der Waals surface area contributed by atoms with Crippen molar-refractivity contribution in [3.8, 4) is 0 Å². The summed E-state index contributed by atoms with van der Waals surface area (Å²) in [6, 6.07) is 17.0. The lowest BCUT2D eigenvalue weighted by Crippen LogP contribution is -2.08. The van der Waals surface area contributed by atoms with E-state index in [9.17, 15) is 0 Å². The first-order chi connectivity index (χ1) is 9.70. The van der Waals surface area contributed by atoms with Gasteiger partial charge in [0, 0.05) is 22.8 Å². The van der Waals surface area contributed by atoms with E-state index in [-0.39, 0.29) is 0 Å². The Bertz CT molecular complexity index is 836. The highest BCUT2D eigenvalue weighted by Crippen LogP contribution is 2.38. The van der Waals surface area contributed by atoms with Gasteiger partial charge in [0.1, 0.15) is 0 Å². The number of fused-ring (bicyclic) bond motifs is 3. The molecule has 0 radical (unpaired) electrons. The van der Waals surface area contributed by atoms with Crippen molar-refractivity contribution in [3.63, 3.8) is 0 Å². The Balaban J connectivity index is 1.91. The van der Waals surface area contributed by atoms with Crippen molar-refractivity contribution in [2.24, 2.45) is 0 Å². The number of hydrogen-bond acceptors (Lipinski definition) is 1. The van der Waals surface area contributed by atoms with Gasteiger partial charge in [-0.3, -0.25) is 0 Å². The molecule has 0 unspecified atom stereocenters. The summed E-state index contributed by atoms with van der Waals surface area (Å²) in [6.45, 7) is 2.12. The molecule has 1 aliphatic rings. The molecule has 0 amide bonds. The lowest BCUT2D eigenvalue weighted by Gasteiger charge is -2.24. The van der Waals surface area contributed by atoms with Crippen LogP contribution in [0.2, 0.25) is 5.02 Å². The minimum Gasteiger partial charge on any atom is -0.355 e. The van der Waals surface area contributed by atoms with E-state index >= 15 is 0 Å². The Hall–Kier alpha value is -1.99. The van der Waals surface area contributed by atoms with Crippen LogP contribution >= 0.6 is 11.6 Å². The predicted octanol–water partition coefficient (Wildman–Crippen LogP) is 5.45. The van der Waals surface area contributed by atoms with Crippen LogP contribution in [0.15, 0.2) is 48.5 Å². The summed E-state index contributed by atoms with van der Waals surface area (Å²) < 4.78 is 0. The van der Waals surface area contributed by atoms with Crippen LogP contribution in [0.1, 0.15) is 16.7 Å². The van der Waals surface area contributed by atoms with E-state index < -0.39 is 0 Å². The van der Waals surface area contributed by atoms with E-state index in [1.54, 1.807) is 0 Å². The second-order valence-corrected chi connectivity index (χ2v) is 5.84. The van der Waals surface area contributed by atoms with Gasteiger partial charge in [-0.1, -0.05) is 35.9 Å². The topological polar surface area (TPSA) is 12.0 Å². The number of hydrogen-bond donors (Lipinski definition) is 1. The maximum Gasteiger partial charge on any atom is 0.0437 e. The fourth-order valence-electron chi connectivity index (χ4n) is 3.00. The second-order valence-electron chi connectivity index (χ2n) is 5.41. The highest BCUT2D eigenvalue weighted by atomic mass is 35.5. The number of nitrogens with one attached hydrogen (secondary N) is 1. The zero-order chi connectivity index (χ0) is 13.7. The molecule has 1 aliphatic heterocycles. The molecule has 1 nitrogen and oxygen atoms in total. The average molecular weight is 280 g/mol. The lowest BCUT2D eigenvalue weighted by molar-refractivity contribution is 1.13. The lowest BCUT2D eigenvalue weighted by atomic mass is 9.92. The predicted molar refractivity (Wildman–Crippen MR) is 86.2 cm³/mol. The molecule has 0 fully saturated rings. The van der Waals surface area contributed by atoms with Gasteiger partial charge in [-0.25, -0.2) is 0 Å². The van der Waals surface area contributed by atoms with Crippen molar-refractivity contribution in [1.82, 2.24) is 0 Å². The fourth-order valence-corrected chi connectivity index (χ4v) is 3.28. The first-order valence-corrected chi connectivity index (χ1v) is 7.16. The number of benzene rings is 3. The fraction of sp³-hybridized carbons (Fsp3) is 0.111. The summed E-state index contributed by atoms with van der Waals surface area (Å²) in [6.07, 6.45) is 0.964. The summed E-state index contributed by atoms with van der Waals surface area (Å²) in [4.78, 5) is 0. The van der Waals surface area contributed by atoms with Crippen LogP contribution in [0.3, 0.4) is 0 Å². The van der Waals surface area contributed by atoms with Crippen LogP contribution in [0.25, 0.3) is 10.8 Å². The van der Waals surface area contributed by atoms with Crippen molar-refractivity contribution in [3.05, 3.63) is 70.2 Å². The molecule has 1 N–H and O–H groups in total. The first kappa shape index (κ1) is 11.8. The third-order valence-corrected chi connectivity index (χ3v) is 4.26. The molecule has 0 spiro atoms. The van der Waals surface area contributed by atoms with Gasteiger partial charge in [-0.2, -0.15) is 0 Å². The molecule has 0 bridgehead atoms. The highest BCUT2D eigenvalue weighted by Gasteiger charge is 2.17. The molecule has 3 aromatic carbocycles. The van der Waals surface area contributed by atoms with Gasteiger partial charge in [0.2, 0.25) is 0 Å². The highest BCUT2D eigenvalue weighted by molar-refractivity contribution is 6.31. The van der Waals surface area contributed by atoms with Gasteiger partial charge in [-0.05, 0) is 58.7 Å². The number of halogens is 1. The van der Waals surface area contributed by atoms with Gasteiger partial charge in [0.15, 0.2) is 0 Å². The summed E-state index contributed by atoms with van der Waals surface area (Å²) in [7, 11) is 0. The molecule has 0 aromatic heterocycles. The van der Waals surface area contributed by atoms with Crippen LogP contribution in [0.5, 0.6) is 0 Å². The van der Waals surface area contributed by atoms with E-state index in [2.05, 4.69) is 48.6 Å². The SMILES string of the molecule is Cc1cc(Cl)cc2c1Cc1cc3ccccc3cc1N2. The van der Waals surface area contributed by atoms with Gasteiger partial charge in [-0.15, -0.1) is 0 Å². The van der Waals surface area contributed by atoms with Crippen LogP contribution in [0, 0.1) is 6.92 Å². The van der Waals surface area contributed by atoms with Crippen LogP contribution in [0.4, 0.5) is 11.4 Å². The monoisotopic (exact) mass is 279 g/mol. The summed E-state index contributed by atoms with van der Waals surface area (Å²) in [5.41, 5.74) is 6.27. The standard InChI is InChI=1S/C18H14ClN/c1-11-6-15(19)10-18-16(11)8-14-7-12-4-2-3-5-13(12)9-17(14)20-18/h2-7,9-10,20H,8H2,1H3. The summed E-state index contributed by atoms with van der Waals surface area (Å²) in [5.74, 6) is 0. The van der Waals surface area contributed by atoms with E-state index in [1.165, 1.54) is 33.2 Å². The molecule has 98 valence electrons. The van der Waals surface area contributed by atoms with Crippen LogP contribution < -0.4 is 5.32 Å². The molecule has 0 saturated carbocycles. The first-order valence-electron chi connectivity index (χ1n) is 6.78. The average Bonchev–Trinajstić information content (AvgIpc) is 2.43. The molecule has 0 aliphatic carbocycles. The minimum atomic E-state index is 0.790. The van der Waals surface area contributed by atoms with Gasteiger partial charge in [0.05, 0.1) is 0 Å². The molecule has 2 heteroatoms. The van der Waals surface area contributed by atoms with Crippen molar-refractivity contribution in [2.45, 2.75) is 13.3 Å². The Morgan fingerprint density at radius 3 is 2.50 bits per heavy atom. The second kappa shape index (κ2) is 4.26. The maximum absolute atomic E-state index is 6.16.